The summed E-state index contributed by atoms with van der Waals surface area (Å²) in [5, 5.41) is 15.2. The molecule has 3 rings (SSSR count). The molecule has 0 aromatic heterocycles. The number of aliphatic carboxylic acids is 1. The van der Waals surface area contributed by atoms with Crippen molar-refractivity contribution < 1.29 is 19.5 Å². The summed E-state index contributed by atoms with van der Waals surface area (Å²) >= 11 is 0. The fraction of sp³-hybridized carbons (Fsp3) is 0.571. The van der Waals surface area contributed by atoms with Gasteiger partial charge in [0.15, 0.2) is 0 Å². The third kappa shape index (κ3) is 5.47. The van der Waals surface area contributed by atoms with Crippen LogP contribution < -0.4 is 10.6 Å². The Morgan fingerprint density at radius 3 is 2.46 bits per heavy atom. The number of carbonyl (C=O) groups is 3. The van der Waals surface area contributed by atoms with Gasteiger partial charge in [-0.2, -0.15) is 0 Å². The van der Waals surface area contributed by atoms with Gasteiger partial charge in [-0.05, 0) is 31.2 Å². The summed E-state index contributed by atoms with van der Waals surface area (Å²) in [6, 6.07) is 8.40. The van der Waals surface area contributed by atoms with E-state index in [1.165, 1.54) is 0 Å². The molecule has 1 aliphatic heterocycles. The molecule has 2 atom stereocenters. The van der Waals surface area contributed by atoms with Gasteiger partial charge in [0.1, 0.15) is 6.04 Å². The van der Waals surface area contributed by atoms with Gasteiger partial charge in [0.05, 0.1) is 5.92 Å². The van der Waals surface area contributed by atoms with Crippen LogP contribution in [0.5, 0.6) is 0 Å². The molecule has 28 heavy (non-hydrogen) atoms. The van der Waals surface area contributed by atoms with Crippen LogP contribution in [0, 0.1) is 5.92 Å². The van der Waals surface area contributed by atoms with Gasteiger partial charge in [0.2, 0.25) is 5.91 Å². The SMILES string of the molecule is O=C(N[C@H](Cc1ccccc1)C(=O)O)C1CCCN(C(=O)NC2CCCC2)C1. The molecule has 0 bridgehead atoms. The molecule has 1 aliphatic carbocycles. The van der Waals surface area contributed by atoms with Crippen LogP contribution in [0.15, 0.2) is 30.3 Å². The molecule has 3 amide bonds. The van der Waals surface area contributed by atoms with Crippen LogP contribution in [0.4, 0.5) is 4.79 Å². The van der Waals surface area contributed by atoms with E-state index >= 15 is 0 Å². The quantitative estimate of drug-likeness (QED) is 0.697. The van der Waals surface area contributed by atoms with E-state index < -0.39 is 12.0 Å². The minimum atomic E-state index is -1.05. The average Bonchev–Trinajstić information content (AvgIpc) is 3.21. The third-order valence-electron chi connectivity index (χ3n) is 5.66. The molecule has 3 N–H and O–H groups in total. The Balaban J connectivity index is 1.54. The van der Waals surface area contributed by atoms with Crippen molar-refractivity contribution in [2.75, 3.05) is 13.1 Å². The molecular weight excluding hydrogens is 358 g/mol. The molecule has 7 nitrogen and oxygen atoms in total. The predicted molar refractivity (Wildman–Crippen MR) is 105 cm³/mol. The number of hydrogen-bond acceptors (Lipinski definition) is 3. The number of hydrogen-bond donors (Lipinski definition) is 3. The Hall–Kier alpha value is -2.57. The second kappa shape index (κ2) is 9.57. The van der Waals surface area contributed by atoms with Crippen molar-refractivity contribution in [3.63, 3.8) is 0 Å². The van der Waals surface area contributed by atoms with Crippen LogP contribution in [-0.2, 0) is 16.0 Å². The number of nitrogens with zero attached hydrogens (tertiary/aromatic N) is 1. The summed E-state index contributed by atoms with van der Waals surface area (Å²) in [6.45, 7) is 0.969. The third-order valence-corrected chi connectivity index (χ3v) is 5.66. The first kappa shape index (κ1) is 20.2. The van der Waals surface area contributed by atoms with Gasteiger partial charge in [-0.1, -0.05) is 43.2 Å². The molecule has 1 heterocycles. The number of carbonyl (C=O) groups excluding carboxylic acids is 2. The largest absolute Gasteiger partial charge is 0.480 e. The highest BCUT2D eigenvalue weighted by Crippen LogP contribution is 2.20. The van der Waals surface area contributed by atoms with Gasteiger partial charge < -0.3 is 20.6 Å². The zero-order valence-corrected chi connectivity index (χ0v) is 16.1. The number of rotatable bonds is 6. The van der Waals surface area contributed by atoms with Gasteiger partial charge in [-0.15, -0.1) is 0 Å². The number of carboxylic acid groups (broad SMARTS) is 1. The van der Waals surface area contributed by atoms with Crippen LogP contribution >= 0.6 is 0 Å². The standard InChI is InChI=1S/C21H29N3O4/c25-19(23-18(20(26)27)13-15-7-2-1-3-8-15)16-9-6-12-24(14-16)21(28)22-17-10-4-5-11-17/h1-3,7-8,16-18H,4-6,9-14H2,(H,22,28)(H,23,25)(H,26,27)/t16?,18-/m1/s1. The Bertz CT molecular complexity index is 688. The van der Waals surface area contributed by atoms with E-state index in [0.29, 0.717) is 19.5 Å². The van der Waals surface area contributed by atoms with Gasteiger partial charge in [-0.25, -0.2) is 9.59 Å². The van der Waals surface area contributed by atoms with Crippen molar-refractivity contribution in [1.82, 2.24) is 15.5 Å². The van der Waals surface area contributed by atoms with E-state index in [-0.39, 0.29) is 30.3 Å². The molecule has 1 saturated carbocycles. The van der Waals surface area contributed by atoms with Crippen molar-refractivity contribution >= 4 is 17.9 Å². The van der Waals surface area contributed by atoms with Crippen LogP contribution in [0.3, 0.4) is 0 Å². The summed E-state index contributed by atoms with van der Waals surface area (Å²) in [7, 11) is 0. The van der Waals surface area contributed by atoms with Crippen molar-refractivity contribution in [2.24, 2.45) is 5.92 Å². The Labute approximate surface area is 165 Å². The lowest BCUT2D eigenvalue weighted by atomic mass is 9.96. The maximum absolute atomic E-state index is 12.7. The highest BCUT2D eigenvalue weighted by Gasteiger charge is 2.31. The molecule has 0 radical (unpaired) electrons. The zero-order chi connectivity index (χ0) is 19.9. The minimum Gasteiger partial charge on any atom is -0.480 e. The van der Waals surface area contributed by atoms with Crippen LogP contribution in [0.25, 0.3) is 0 Å². The monoisotopic (exact) mass is 387 g/mol. The van der Waals surface area contributed by atoms with Crippen LogP contribution in [0.2, 0.25) is 0 Å². The second-order valence-corrected chi connectivity index (χ2v) is 7.81. The molecule has 2 fully saturated rings. The first-order chi connectivity index (χ1) is 13.5. The topological polar surface area (TPSA) is 98.7 Å². The van der Waals surface area contributed by atoms with Gasteiger partial charge in [-0.3, -0.25) is 4.79 Å². The van der Waals surface area contributed by atoms with Crippen LogP contribution in [-0.4, -0.2) is 53.1 Å². The van der Waals surface area contributed by atoms with Gasteiger partial charge in [0.25, 0.3) is 0 Å². The van der Waals surface area contributed by atoms with Gasteiger partial charge >= 0.3 is 12.0 Å². The maximum atomic E-state index is 12.7. The summed E-state index contributed by atoms with van der Waals surface area (Å²) in [6.07, 6.45) is 5.97. The number of likely N-dealkylation sites (tertiary alicyclic amines) is 1. The van der Waals surface area contributed by atoms with E-state index in [1.54, 1.807) is 4.90 Å². The molecule has 7 heteroatoms. The normalized spacial score (nSPS) is 21.1. The number of piperidine rings is 1. The minimum absolute atomic E-state index is 0.108. The smallest absolute Gasteiger partial charge is 0.326 e. The Kier molecular flexibility index (Phi) is 6.90. The van der Waals surface area contributed by atoms with E-state index in [4.69, 9.17) is 0 Å². The highest BCUT2D eigenvalue weighted by atomic mass is 16.4. The van der Waals surface area contributed by atoms with E-state index in [0.717, 1.165) is 37.7 Å². The Morgan fingerprint density at radius 1 is 1.07 bits per heavy atom. The fourth-order valence-electron chi connectivity index (χ4n) is 4.05. The Morgan fingerprint density at radius 2 is 1.79 bits per heavy atom. The lowest BCUT2D eigenvalue weighted by molar-refractivity contribution is -0.142. The zero-order valence-electron chi connectivity index (χ0n) is 16.1. The number of urea groups is 1. The average molecular weight is 387 g/mol. The molecule has 1 saturated heterocycles. The van der Waals surface area contributed by atoms with Crippen LogP contribution in [0.1, 0.15) is 44.1 Å². The highest BCUT2D eigenvalue weighted by molar-refractivity contribution is 5.86. The molecule has 2 aliphatic rings. The number of benzene rings is 1. The lowest BCUT2D eigenvalue weighted by Gasteiger charge is -2.33. The van der Waals surface area contributed by atoms with E-state index in [9.17, 15) is 19.5 Å². The lowest BCUT2D eigenvalue weighted by Crippen LogP contribution is -2.52. The summed E-state index contributed by atoms with van der Waals surface area (Å²) in [5.74, 6) is -1.72. The summed E-state index contributed by atoms with van der Waals surface area (Å²) in [4.78, 5) is 38.5. The molecule has 1 aromatic rings. The first-order valence-electron chi connectivity index (χ1n) is 10.2. The maximum Gasteiger partial charge on any atom is 0.326 e. The molecule has 1 unspecified atom stereocenters. The van der Waals surface area contributed by atoms with Gasteiger partial charge in [0, 0.05) is 25.6 Å². The molecule has 1 aromatic carbocycles. The number of carboxylic acids is 1. The van der Waals surface area contributed by atoms with Crippen molar-refractivity contribution in [3.05, 3.63) is 35.9 Å². The summed E-state index contributed by atoms with van der Waals surface area (Å²) < 4.78 is 0. The first-order valence-corrected chi connectivity index (χ1v) is 10.2. The van der Waals surface area contributed by atoms with E-state index in [1.807, 2.05) is 30.3 Å². The molecular formula is C21H29N3O4. The molecule has 0 spiro atoms. The predicted octanol–water partition coefficient (Wildman–Crippen LogP) is 2.16. The molecule has 152 valence electrons. The second-order valence-electron chi connectivity index (χ2n) is 7.81. The van der Waals surface area contributed by atoms with Crippen molar-refractivity contribution in [1.29, 1.82) is 0 Å². The van der Waals surface area contributed by atoms with E-state index in [2.05, 4.69) is 10.6 Å². The number of amides is 3. The fourth-order valence-corrected chi connectivity index (χ4v) is 4.05. The van der Waals surface area contributed by atoms with Crippen molar-refractivity contribution in [2.45, 2.75) is 57.0 Å². The summed E-state index contributed by atoms with van der Waals surface area (Å²) in [5.41, 5.74) is 0.858. The number of nitrogens with one attached hydrogen (secondary N) is 2. The van der Waals surface area contributed by atoms with Crippen molar-refractivity contribution in [3.8, 4) is 0 Å².